The summed E-state index contributed by atoms with van der Waals surface area (Å²) in [6, 6.07) is 14.4. The van der Waals surface area contributed by atoms with E-state index in [1.54, 1.807) is 12.1 Å². The zero-order valence-electron chi connectivity index (χ0n) is 19.9. The smallest absolute Gasteiger partial charge is 0.243 e. The number of rotatable bonds is 8. The quantitative estimate of drug-likeness (QED) is 0.340. The molecule has 0 aromatic heterocycles. The maximum Gasteiger partial charge on any atom is 0.243 e. The van der Waals surface area contributed by atoms with Gasteiger partial charge >= 0.3 is 0 Å². The molecule has 1 amide bonds. The number of hydrogen-bond acceptors (Lipinski definition) is 3. The van der Waals surface area contributed by atoms with E-state index in [4.69, 9.17) is 34.8 Å². The maximum atomic E-state index is 13.5. The van der Waals surface area contributed by atoms with Gasteiger partial charge in [-0.1, -0.05) is 53.0 Å². The van der Waals surface area contributed by atoms with E-state index >= 15 is 0 Å². The fourth-order valence-corrected chi connectivity index (χ4v) is 5.76. The summed E-state index contributed by atoms with van der Waals surface area (Å²) in [6.45, 7) is 7.43. The average molecular weight is 554 g/mol. The highest BCUT2D eigenvalue weighted by Crippen LogP contribution is 2.26. The van der Waals surface area contributed by atoms with Crippen LogP contribution < -0.4 is 5.32 Å². The van der Waals surface area contributed by atoms with Crippen LogP contribution in [0.3, 0.4) is 0 Å². The van der Waals surface area contributed by atoms with Crippen LogP contribution in [0.15, 0.2) is 59.5 Å². The van der Waals surface area contributed by atoms with Crippen molar-refractivity contribution in [2.45, 2.75) is 45.2 Å². The Labute approximate surface area is 222 Å². The number of benzene rings is 3. The summed E-state index contributed by atoms with van der Waals surface area (Å²) in [7, 11) is -4.04. The van der Waals surface area contributed by atoms with Crippen LogP contribution in [0.5, 0.6) is 0 Å². The number of nitrogens with one attached hydrogen (secondary N) is 1. The molecule has 0 saturated heterocycles. The highest BCUT2D eigenvalue weighted by Gasteiger charge is 2.28. The van der Waals surface area contributed by atoms with Gasteiger partial charge in [0.15, 0.2) is 0 Å². The van der Waals surface area contributed by atoms with Crippen LogP contribution in [0.2, 0.25) is 15.1 Å². The van der Waals surface area contributed by atoms with E-state index in [1.807, 2.05) is 33.8 Å². The number of carbonyl (C=O) groups is 1. The molecule has 1 atom stereocenters. The molecule has 0 aliphatic heterocycles. The van der Waals surface area contributed by atoms with Gasteiger partial charge in [0.05, 0.1) is 17.5 Å². The Morgan fingerprint density at radius 1 is 0.886 bits per heavy atom. The topological polar surface area (TPSA) is 66.5 Å². The second-order valence-corrected chi connectivity index (χ2v) is 11.8. The molecule has 0 heterocycles. The third kappa shape index (κ3) is 6.78. The van der Waals surface area contributed by atoms with Crippen molar-refractivity contribution in [2.24, 2.45) is 0 Å². The van der Waals surface area contributed by atoms with Gasteiger partial charge in [0.2, 0.25) is 15.9 Å². The van der Waals surface area contributed by atoms with E-state index in [-0.39, 0.29) is 17.5 Å². The van der Waals surface area contributed by atoms with Crippen LogP contribution in [-0.2, 0) is 21.4 Å². The number of amides is 1. The van der Waals surface area contributed by atoms with Gasteiger partial charge in [-0.15, -0.1) is 0 Å². The molecule has 35 heavy (non-hydrogen) atoms. The Morgan fingerprint density at radius 3 is 2.11 bits per heavy atom. The number of hydrogen-bond donors (Lipinski definition) is 1. The van der Waals surface area contributed by atoms with Gasteiger partial charge in [-0.2, -0.15) is 4.31 Å². The Balaban J connectivity index is 1.89. The molecule has 3 rings (SSSR count). The molecule has 9 heteroatoms. The van der Waals surface area contributed by atoms with Gasteiger partial charge in [0.1, 0.15) is 0 Å². The third-order valence-electron chi connectivity index (χ3n) is 5.86. The van der Waals surface area contributed by atoms with Crippen LogP contribution in [0.4, 0.5) is 0 Å². The Bertz CT molecular complexity index is 1340. The first-order valence-corrected chi connectivity index (χ1v) is 13.5. The molecular formula is C26H27Cl3N2O3S. The summed E-state index contributed by atoms with van der Waals surface area (Å²) in [5.41, 5.74) is 4.86. The van der Waals surface area contributed by atoms with E-state index in [0.717, 1.165) is 21.0 Å². The second-order valence-electron chi connectivity index (χ2n) is 8.55. The predicted octanol–water partition coefficient (Wildman–Crippen LogP) is 6.64. The van der Waals surface area contributed by atoms with Gasteiger partial charge in [-0.05, 0) is 91.9 Å². The minimum absolute atomic E-state index is 0.0258. The van der Waals surface area contributed by atoms with Crippen molar-refractivity contribution in [1.82, 2.24) is 9.62 Å². The first-order valence-electron chi connectivity index (χ1n) is 10.9. The monoisotopic (exact) mass is 552 g/mol. The largest absolute Gasteiger partial charge is 0.348 e. The lowest BCUT2D eigenvalue weighted by Gasteiger charge is -2.24. The number of nitrogens with zero attached hydrogens (tertiary/aromatic N) is 1. The number of halogens is 3. The molecule has 5 nitrogen and oxygen atoms in total. The molecule has 0 fully saturated rings. The second kappa shape index (κ2) is 11.3. The summed E-state index contributed by atoms with van der Waals surface area (Å²) >= 11 is 18.2. The molecule has 3 aromatic rings. The first-order chi connectivity index (χ1) is 16.4. The van der Waals surface area contributed by atoms with Crippen molar-refractivity contribution in [3.8, 4) is 0 Å². The van der Waals surface area contributed by atoms with Crippen molar-refractivity contribution >= 4 is 50.7 Å². The molecule has 0 aliphatic rings. The number of aryl methyl sites for hydroxylation is 3. The number of sulfonamides is 1. The van der Waals surface area contributed by atoms with Crippen molar-refractivity contribution in [3.63, 3.8) is 0 Å². The van der Waals surface area contributed by atoms with Crippen LogP contribution in [-0.4, -0.2) is 25.2 Å². The zero-order valence-corrected chi connectivity index (χ0v) is 23.0. The standard InChI is InChI=1S/C26H27Cl3N2O3S/c1-16-11-18(3)24(12-17(16)2)19(4)30-26(32)15-31(14-20-5-6-22(28)13-25(20)29)35(33,34)23-9-7-21(27)8-10-23/h5-13,19H,14-15H2,1-4H3,(H,30,32)/t19-/m0/s1. The Kier molecular flexibility index (Phi) is 8.89. The lowest BCUT2D eigenvalue weighted by molar-refractivity contribution is -0.122. The minimum atomic E-state index is -4.04. The van der Waals surface area contributed by atoms with Crippen LogP contribution in [0.1, 0.15) is 40.8 Å². The van der Waals surface area contributed by atoms with Crippen molar-refractivity contribution < 1.29 is 13.2 Å². The molecule has 0 bridgehead atoms. The first kappa shape index (κ1) is 27.5. The minimum Gasteiger partial charge on any atom is -0.348 e. The molecule has 0 saturated carbocycles. The van der Waals surface area contributed by atoms with Crippen molar-refractivity contribution in [1.29, 1.82) is 0 Å². The van der Waals surface area contributed by atoms with Crippen molar-refractivity contribution in [3.05, 3.63) is 97.5 Å². The molecular weight excluding hydrogens is 527 g/mol. The molecule has 3 aromatic carbocycles. The van der Waals surface area contributed by atoms with Crippen LogP contribution in [0, 0.1) is 20.8 Å². The fourth-order valence-electron chi connectivity index (χ4n) is 3.80. The normalized spacial score (nSPS) is 12.6. The summed E-state index contributed by atoms with van der Waals surface area (Å²) in [5.74, 6) is -0.433. The molecule has 0 unspecified atom stereocenters. The summed E-state index contributed by atoms with van der Waals surface area (Å²) < 4.78 is 28.1. The van der Waals surface area contributed by atoms with Gasteiger partial charge < -0.3 is 5.32 Å². The van der Waals surface area contributed by atoms with Gasteiger partial charge in [-0.25, -0.2) is 8.42 Å². The van der Waals surface area contributed by atoms with E-state index in [2.05, 4.69) is 11.4 Å². The fraction of sp³-hybridized carbons (Fsp3) is 0.269. The lowest BCUT2D eigenvalue weighted by Crippen LogP contribution is -2.41. The third-order valence-corrected chi connectivity index (χ3v) is 8.50. The van der Waals surface area contributed by atoms with Gasteiger partial charge in [0, 0.05) is 21.6 Å². The molecule has 0 aliphatic carbocycles. The van der Waals surface area contributed by atoms with Crippen molar-refractivity contribution in [2.75, 3.05) is 6.54 Å². The van der Waals surface area contributed by atoms with Crippen LogP contribution >= 0.6 is 34.8 Å². The maximum absolute atomic E-state index is 13.5. The molecule has 0 radical (unpaired) electrons. The average Bonchev–Trinajstić information content (AvgIpc) is 2.77. The summed E-state index contributed by atoms with van der Waals surface area (Å²) in [6.07, 6.45) is 0. The summed E-state index contributed by atoms with van der Waals surface area (Å²) in [4.78, 5) is 13.1. The highest BCUT2D eigenvalue weighted by molar-refractivity contribution is 7.89. The van der Waals surface area contributed by atoms with Crippen LogP contribution in [0.25, 0.3) is 0 Å². The Hall–Kier alpha value is -2.09. The zero-order chi connectivity index (χ0) is 25.9. The molecule has 186 valence electrons. The van der Waals surface area contributed by atoms with E-state index < -0.39 is 22.5 Å². The number of carbonyl (C=O) groups excluding carboxylic acids is 1. The highest BCUT2D eigenvalue weighted by atomic mass is 35.5. The van der Waals surface area contributed by atoms with E-state index in [9.17, 15) is 13.2 Å². The van der Waals surface area contributed by atoms with Gasteiger partial charge in [0.25, 0.3) is 0 Å². The Morgan fingerprint density at radius 2 is 1.49 bits per heavy atom. The lowest BCUT2D eigenvalue weighted by atomic mass is 9.96. The SMILES string of the molecule is Cc1cc(C)c([C@H](C)NC(=O)CN(Cc2ccc(Cl)cc2Cl)S(=O)(=O)c2ccc(Cl)cc2)cc1C. The summed E-state index contributed by atoms with van der Waals surface area (Å²) in [5, 5.41) is 4.09. The molecule has 1 N–H and O–H groups in total. The molecule has 0 spiro atoms. The predicted molar refractivity (Wildman–Crippen MR) is 143 cm³/mol. The van der Waals surface area contributed by atoms with E-state index in [0.29, 0.717) is 20.6 Å². The van der Waals surface area contributed by atoms with E-state index in [1.165, 1.54) is 35.9 Å². The van der Waals surface area contributed by atoms with Gasteiger partial charge in [-0.3, -0.25) is 4.79 Å².